The Kier molecular flexibility index (Phi) is 2.10. The van der Waals surface area contributed by atoms with Crippen molar-refractivity contribution in [1.82, 2.24) is 0 Å². The van der Waals surface area contributed by atoms with Crippen molar-refractivity contribution in [3.05, 3.63) is 0 Å². The van der Waals surface area contributed by atoms with Gasteiger partial charge in [-0.05, 0) is 0 Å². The van der Waals surface area contributed by atoms with E-state index in [1.54, 1.807) is 0 Å². The molecular formula is C3H10As-. The van der Waals surface area contributed by atoms with Gasteiger partial charge >= 0.3 is 31.8 Å². The summed E-state index contributed by atoms with van der Waals surface area (Å²) in [6.45, 7) is 0. The van der Waals surface area contributed by atoms with Gasteiger partial charge in [-0.2, -0.15) is 0 Å². The molecule has 0 aliphatic heterocycles. The van der Waals surface area contributed by atoms with Crippen LogP contribution < -0.4 is 0 Å². The first-order chi connectivity index (χ1) is 1.73. The molecule has 0 fully saturated rings. The van der Waals surface area contributed by atoms with Crippen LogP contribution in [0.5, 0.6) is 0 Å². The van der Waals surface area contributed by atoms with E-state index in [9.17, 15) is 0 Å². The molecule has 0 spiro atoms. The van der Waals surface area contributed by atoms with Gasteiger partial charge in [-0.15, -0.1) is 0 Å². The van der Waals surface area contributed by atoms with Gasteiger partial charge in [0.15, 0.2) is 0 Å². The summed E-state index contributed by atoms with van der Waals surface area (Å²) in [7, 11) is 0. The van der Waals surface area contributed by atoms with Crippen molar-refractivity contribution in [2.45, 2.75) is 17.1 Å². The summed E-state index contributed by atoms with van der Waals surface area (Å²) in [5, 5.41) is 0. The van der Waals surface area contributed by atoms with E-state index in [0.717, 1.165) is 0 Å². The molecule has 0 rings (SSSR count). The topological polar surface area (TPSA) is 0 Å². The molecule has 0 bridgehead atoms. The fourth-order valence-electron chi connectivity index (χ4n) is 0. The van der Waals surface area contributed by atoms with Gasteiger partial charge < -0.3 is 0 Å². The minimum absolute atomic E-state index is 0.333. The minimum atomic E-state index is -0.333. The van der Waals surface area contributed by atoms with E-state index in [-0.39, 0.29) is 14.7 Å². The maximum absolute atomic E-state index is 2.33. The second kappa shape index (κ2) is 1.84. The van der Waals surface area contributed by atoms with E-state index < -0.39 is 0 Å². The third kappa shape index (κ3) is 19.9. The van der Waals surface area contributed by atoms with Crippen molar-refractivity contribution in [3.63, 3.8) is 0 Å². The molecule has 0 aromatic rings. The molecule has 1 heteroatoms. The third-order valence-corrected chi connectivity index (χ3v) is 0. The fraction of sp³-hybridized carbons (Fsp3) is 1.00. The van der Waals surface area contributed by atoms with E-state index >= 15 is 0 Å². The van der Waals surface area contributed by atoms with Gasteiger partial charge in [-0.25, -0.2) is 0 Å². The molecule has 0 atom stereocenters. The first-order valence-corrected chi connectivity index (χ1v) is 7.79. The number of hydrogen-bond donors (Lipinski definition) is 0. The Bertz CT molecular complexity index is 8.00. The van der Waals surface area contributed by atoms with Crippen LogP contribution >= 0.6 is 0 Å². The van der Waals surface area contributed by atoms with Crippen LogP contribution in [0, 0.1) is 0 Å². The van der Waals surface area contributed by atoms with Gasteiger partial charge in [0.05, 0.1) is 0 Å². The molecule has 4 heavy (non-hydrogen) atoms. The molecule has 0 N–H and O–H groups in total. The van der Waals surface area contributed by atoms with Crippen LogP contribution in [-0.2, 0) is 0 Å². The van der Waals surface area contributed by atoms with Gasteiger partial charge in [0.25, 0.3) is 0 Å². The van der Waals surface area contributed by atoms with Crippen molar-refractivity contribution in [3.8, 4) is 0 Å². The molecule has 0 saturated carbocycles. The van der Waals surface area contributed by atoms with Crippen molar-refractivity contribution in [1.29, 1.82) is 0 Å². The van der Waals surface area contributed by atoms with Gasteiger partial charge in [0.1, 0.15) is 0 Å². The predicted octanol–water partition coefficient (Wildman–Crippen LogP) is 1.10. The molecular weight excluding hydrogens is 111 g/mol. The first kappa shape index (κ1) is 4.56. The molecule has 0 unspecified atom stereocenters. The zero-order valence-electron chi connectivity index (χ0n) is 3.50. The SMILES string of the molecule is C[AsH-](C)C. The van der Waals surface area contributed by atoms with Crippen molar-refractivity contribution in [2.75, 3.05) is 0 Å². The average molecular weight is 121 g/mol. The standard InChI is InChI=1S/C3H10As/c1-4(2)3/h4H,1-3H3/q-1. The Morgan fingerprint density at radius 1 is 1.00 bits per heavy atom. The van der Waals surface area contributed by atoms with Gasteiger partial charge in [-0.1, -0.05) is 0 Å². The summed E-state index contributed by atoms with van der Waals surface area (Å²) in [6, 6.07) is 0. The first-order valence-electron chi connectivity index (χ1n) is 1.50. The van der Waals surface area contributed by atoms with Gasteiger partial charge in [0.2, 0.25) is 0 Å². The molecule has 0 heterocycles. The molecule has 0 nitrogen and oxygen atoms in total. The van der Waals surface area contributed by atoms with E-state index in [1.165, 1.54) is 0 Å². The Morgan fingerprint density at radius 3 is 1.00 bits per heavy atom. The summed E-state index contributed by atoms with van der Waals surface area (Å²) in [4.78, 5) is 0. The predicted molar refractivity (Wildman–Crippen MR) is 24.7 cm³/mol. The van der Waals surface area contributed by atoms with E-state index in [4.69, 9.17) is 0 Å². The van der Waals surface area contributed by atoms with Crippen LogP contribution in [0.25, 0.3) is 0 Å². The Labute approximate surface area is 32.5 Å². The van der Waals surface area contributed by atoms with E-state index in [1.807, 2.05) is 0 Å². The molecule has 0 aromatic heterocycles. The zero-order valence-corrected chi connectivity index (χ0v) is 5.60. The summed E-state index contributed by atoms with van der Waals surface area (Å²) in [5.41, 5.74) is 7.00. The summed E-state index contributed by atoms with van der Waals surface area (Å²) >= 11 is -0.333. The summed E-state index contributed by atoms with van der Waals surface area (Å²) in [6.07, 6.45) is 0. The molecule has 0 aliphatic carbocycles. The molecule has 28 valence electrons. The van der Waals surface area contributed by atoms with Gasteiger partial charge in [0, 0.05) is 0 Å². The maximum atomic E-state index is 2.33. The molecule has 0 saturated heterocycles. The second-order valence-corrected chi connectivity index (χ2v) is 7.79. The van der Waals surface area contributed by atoms with Gasteiger partial charge in [-0.3, -0.25) is 0 Å². The number of rotatable bonds is 0. The Balaban J connectivity index is 2.32. The Hall–Kier alpha value is 0.558. The molecule has 0 radical (unpaired) electrons. The van der Waals surface area contributed by atoms with E-state index in [2.05, 4.69) is 17.1 Å². The second-order valence-electron chi connectivity index (χ2n) is 1.50. The van der Waals surface area contributed by atoms with Crippen LogP contribution in [-0.4, -0.2) is 14.7 Å². The van der Waals surface area contributed by atoms with E-state index in [0.29, 0.717) is 0 Å². The zero-order chi connectivity index (χ0) is 3.58. The summed E-state index contributed by atoms with van der Waals surface area (Å²) in [5.74, 6) is 0. The number of hydrogen-bond acceptors (Lipinski definition) is 0. The monoisotopic (exact) mass is 121 g/mol. The Morgan fingerprint density at radius 2 is 1.00 bits per heavy atom. The van der Waals surface area contributed by atoms with Crippen LogP contribution in [0.15, 0.2) is 0 Å². The van der Waals surface area contributed by atoms with Crippen LogP contribution in [0.2, 0.25) is 17.1 Å². The van der Waals surface area contributed by atoms with Crippen LogP contribution in [0.1, 0.15) is 0 Å². The summed E-state index contributed by atoms with van der Waals surface area (Å²) < 4.78 is 0. The third-order valence-electron chi connectivity index (χ3n) is 0. The van der Waals surface area contributed by atoms with Crippen molar-refractivity contribution >= 4 is 14.7 Å². The molecule has 0 aromatic carbocycles. The van der Waals surface area contributed by atoms with Crippen molar-refractivity contribution in [2.24, 2.45) is 0 Å². The van der Waals surface area contributed by atoms with Crippen LogP contribution in [0.4, 0.5) is 0 Å². The molecule has 0 aliphatic rings. The quantitative estimate of drug-likeness (QED) is 0.421. The van der Waals surface area contributed by atoms with Crippen molar-refractivity contribution < 1.29 is 0 Å². The van der Waals surface area contributed by atoms with Crippen LogP contribution in [0.3, 0.4) is 0 Å². The fourth-order valence-corrected chi connectivity index (χ4v) is 0. The normalized spacial score (nSPS) is 11.2. The average Bonchev–Trinajstić information content (AvgIpc) is 0.811. The molecule has 0 amide bonds.